The van der Waals surface area contributed by atoms with E-state index in [1.807, 2.05) is 45.9 Å². The average molecular weight is 233 g/mol. The van der Waals surface area contributed by atoms with Crippen LogP contribution in [0.5, 0.6) is 0 Å². The first-order valence-electron chi connectivity index (χ1n) is 5.55. The van der Waals surface area contributed by atoms with Crippen molar-refractivity contribution in [2.45, 2.75) is 33.3 Å². The van der Waals surface area contributed by atoms with Crippen molar-refractivity contribution in [3.63, 3.8) is 0 Å². The van der Waals surface area contributed by atoms with Gasteiger partial charge >= 0.3 is 6.09 Å². The summed E-state index contributed by atoms with van der Waals surface area (Å²) in [5.41, 5.74) is 2.27. The van der Waals surface area contributed by atoms with Gasteiger partial charge in [0.25, 0.3) is 0 Å². The van der Waals surface area contributed by atoms with Crippen LogP contribution in [0.4, 0.5) is 10.5 Å². The minimum atomic E-state index is -0.487. The maximum absolute atomic E-state index is 11.6. The van der Waals surface area contributed by atoms with Crippen molar-refractivity contribution in [3.05, 3.63) is 35.9 Å². The van der Waals surface area contributed by atoms with Gasteiger partial charge in [-0.1, -0.05) is 18.7 Å². The number of benzene rings is 1. The predicted molar refractivity (Wildman–Crippen MR) is 71.1 cm³/mol. The molecule has 0 spiro atoms. The summed E-state index contributed by atoms with van der Waals surface area (Å²) in [6, 6.07) is 5.70. The topological polar surface area (TPSA) is 38.3 Å². The van der Waals surface area contributed by atoms with Gasteiger partial charge in [0.1, 0.15) is 5.60 Å². The fourth-order valence-electron chi connectivity index (χ4n) is 1.37. The van der Waals surface area contributed by atoms with E-state index in [2.05, 4.69) is 11.9 Å². The normalized spacial score (nSPS) is 10.8. The number of carbonyl (C=O) groups excluding carboxylic acids is 1. The van der Waals surface area contributed by atoms with Gasteiger partial charge in [0.15, 0.2) is 0 Å². The van der Waals surface area contributed by atoms with E-state index in [1.165, 1.54) is 0 Å². The Morgan fingerprint density at radius 2 is 2.06 bits per heavy atom. The number of carbonyl (C=O) groups is 1. The van der Waals surface area contributed by atoms with Crippen LogP contribution >= 0.6 is 0 Å². The van der Waals surface area contributed by atoms with Crippen molar-refractivity contribution in [1.82, 2.24) is 0 Å². The Morgan fingerprint density at radius 3 is 2.53 bits per heavy atom. The molecule has 0 saturated heterocycles. The molecule has 17 heavy (non-hydrogen) atoms. The molecule has 92 valence electrons. The third-order valence-electron chi connectivity index (χ3n) is 2.12. The molecule has 1 aromatic carbocycles. The third kappa shape index (κ3) is 4.31. The fourth-order valence-corrected chi connectivity index (χ4v) is 1.37. The van der Waals surface area contributed by atoms with Gasteiger partial charge in [-0.05, 0) is 51.0 Å². The van der Waals surface area contributed by atoms with Gasteiger partial charge in [0.05, 0.1) is 0 Å². The molecule has 1 rings (SSSR count). The highest BCUT2D eigenvalue weighted by Gasteiger charge is 2.16. The number of amides is 1. The standard InChI is InChI=1S/C14H19NO2/c1-6-11-7-8-12(10(2)9-11)15-13(16)17-14(3,4)5/h6-9H,1H2,2-5H3,(H,15,16). The molecule has 0 unspecified atom stereocenters. The summed E-state index contributed by atoms with van der Waals surface area (Å²) in [6.07, 6.45) is 1.33. The van der Waals surface area contributed by atoms with E-state index in [-0.39, 0.29) is 0 Å². The Labute approximate surface area is 102 Å². The molecule has 1 aromatic rings. The van der Waals surface area contributed by atoms with Crippen molar-refractivity contribution < 1.29 is 9.53 Å². The minimum absolute atomic E-state index is 0.438. The summed E-state index contributed by atoms with van der Waals surface area (Å²) in [7, 11) is 0. The van der Waals surface area contributed by atoms with Gasteiger partial charge < -0.3 is 4.74 Å². The fraction of sp³-hybridized carbons (Fsp3) is 0.357. The van der Waals surface area contributed by atoms with E-state index in [0.29, 0.717) is 0 Å². The molecule has 0 aliphatic heterocycles. The molecule has 0 atom stereocenters. The Bertz CT molecular complexity index is 430. The zero-order chi connectivity index (χ0) is 13.1. The number of ether oxygens (including phenoxy) is 1. The van der Waals surface area contributed by atoms with Crippen LogP contribution in [-0.2, 0) is 4.74 Å². The number of hydrogen-bond donors (Lipinski definition) is 1. The molecule has 0 aromatic heterocycles. The Balaban J connectivity index is 2.75. The van der Waals surface area contributed by atoms with Crippen LogP contribution in [-0.4, -0.2) is 11.7 Å². The molecule has 0 heterocycles. The number of hydrogen-bond acceptors (Lipinski definition) is 2. The van der Waals surface area contributed by atoms with Crippen LogP contribution in [0.3, 0.4) is 0 Å². The summed E-state index contributed by atoms with van der Waals surface area (Å²) >= 11 is 0. The second-order valence-electron chi connectivity index (χ2n) is 4.91. The van der Waals surface area contributed by atoms with E-state index in [1.54, 1.807) is 6.08 Å². The lowest BCUT2D eigenvalue weighted by molar-refractivity contribution is 0.0636. The first-order valence-corrected chi connectivity index (χ1v) is 5.55. The van der Waals surface area contributed by atoms with Crippen molar-refractivity contribution in [1.29, 1.82) is 0 Å². The highest BCUT2D eigenvalue weighted by Crippen LogP contribution is 2.18. The molecule has 0 radical (unpaired) electrons. The minimum Gasteiger partial charge on any atom is -0.444 e. The summed E-state index contributed by atoms with van der Waals surface area (Å²) in [4.78, 5) is 11.6. The largest absolute Gasteiger partial charge is 0.444 e. The zero-order valence-corrected chi connectivity index (χ0v) is 10.8. The number of nitrogens with one attached hydrogen (secondary N) is 1. The SMILES string of the molecule is C=Cc1ccc(NC(=O)OC(C)(C)C)c(C)c1. The van der Waals surface area contributed by atoms with Crippen LogP contribution in [0.25, 0.3) is 6.08 Å². The maximum atomic E-state index is 11.6. The maximum Gasteiger partial charge on any atom is 0.412 e. The highest BCUT2D eigenvalue weighted by molar-refractivity contribution is 5.86. The van der Waals surface area contributed by atoms with Gasteiger partial charge in [-0.2, -0.15) is 0 Å². The van der Waals surface area contributed by atoms with E-state index in [9.17, 15) is 4.79 Å². The lowest BCUT2D eigenvalue weighted by Gasteiger charge is -2.20. The summed E-state index contributed by atoms with van der Waals surface area (Å²) in [6.45, 7) is 11.1. The number of anilines is 1. The predicted octanol–water partition coefficient (Wildman–Crippen LogP) is 3.99. The van der Waals surface area contributed by atoms with Gasteiger partial charge in [0, 0.05) is 5.69 Å². The van der Waals surface area contributed by atoms with Gasteiger partial charge in [-0.25, -0.2) is 4.79 Å². The monoisotopic (exact) mass is 233 g/mol. The van der Waals surface area contributed by atoms with E-state index in [4.69, 9.17) is 4.74 Å². The molecular weight excluding hydrogens is 214 g/mol. The van der Waals surface area contributed by atoms with Crippen LogP contribution in [0.1, 0.15) is 31.9 Å². The molecular formula is C14H19NO2. The zero-order valence-electron chi connectivity index (χ0n) is 10.8. The summed E-state index contributed by atoms with van der Waals surface area (Å²) in [5.74, 6) is 0. The van der Waals surface area contributed by atoms with Gasteiger partial charge in [-0.3, -0.25) is 5.32 Å². The second kappa shape index (κ2) is 5.04. The Morgan fingerprint density at radius 1 is 1.41 bits per heavy atom. The van der Waals surface area contributed by atoms with Gasteiger partial charge in [-0.15, -0.1) is 0 Å². The molecule has 1 N–H and O–H groups in total. The van der Waals surface area contributed by atoms with E-state index < -0.39 is 11.7 Å². The summed E-state index contributed by atoms with van der Waals surface area (Å²) < 4.78 is 5.18. The molecule has 0 bridgehead atoms. The molecule has 0 aliphatic carbocycles. The van der Waals surface area contributed by atoms with E-state index in [0.717, 1.165) is 16.8 Å². The van der Waals surface area contributed by atoms with Crippen molar-refractivity contribution in [3.8, 4) is 0 Å². The lowest BCUT2D eigenvalue weighted by Crippen LogP contribution is -2.27. The summed E-state index contributed by atoms with van der Waals surface area (Å²) in [5, 5.41) is 2.72. The van der Waals surface area contributed by atoms with Crippen molar-refractivity contribution in [2.24, 2.45) is 0 Å². The van der Waals surface area contributed by atoms with Crippen molar-refractivity contribution in [2.75, 3.05) is 5.32 Å². The van der Waals surface area contributed by atoms with Crippen LogP contribution < -0.4 is 5.32 Å². The third-order valence-corrected chi connectivity index (χ3v) is 2.12. The Hall–Kier alpha value is -1.77. The van der Waals surface area contributed by atoms with Crippen LogP contribution in [0.15, 0.2) is 24.8 Å². The number of aryl methyl sites for hydroxylation is 1. The highest BCUT2D eigenvalue weighted by atomic mass is 16.6. The van der Waals surface area contributed by atoms with Crippen LogP contribution in [0.2, 0.25) is 0 Å². The molecule has 3 heteroatoms. The first-order chi connectivity index (χ1) is 7.81. The molecule has 1 amide bonds. The second-order valence-corrected chi connectivity index (χ2v) is 4.91. The average Bonchev–Trinajstić information content (AvgIpc) is 2.18. The molecule has 0 aliphatic rings. The quantitative estimate of drug-likeness (QED) is 0.838. The van der Waals surface area contributed by atoms with Crippen molar-refractivity contribution >= 4 is 17.9 Å². The smallest absolute Gasteiger partial charge is 0.412 e. The number of rotatable bonds is 2. The molecule has 0 saturated carbocycles. The van der Waals surface area contributed by atoms with E-state index >= 15 is 0 Å². The first kappa shape index (κ1) is 13.3. The van der Waals surface area contributed by atoms with Gasteiger partial charge in [0.2, 0.25) is 0 Å². The Kier molecular flexibility index (Phi) is 3.94. The van der Waals surface area contributed by atoms with Crippen LogP contribution in [0, 0.1) is 6.92 Å². The molecule has 3 nitrogen and oxygen atoms in total. The molecule has 0 fully saturated rings. The lowest BCUT2D eigenvalue weighted by atomic mass is 10.1.